The molecule has 4 N–H and O–H groups in total. The van der Waals surface area contributed by atoms with E-state index in [2.05, 4.69) is 5.10 Å². The molecular weight excluding hydrogens is 215 g/mol. The number of nitrogens with one attached hydrogen (secondary N) is 1. The molecule has 0 aliphatic carbocycles. The Kier molecular flexibility index (Phi) is 2.70. The number of hydrazone groups is 1. The lowest BCUT2D eigenvalue weighted by atomic mass is 10.1. The predicted octanol–water partition coefficient (Wildman–Crippen LogP) is 0.454. The van der Waals surface area contributed by atoms with Gasteiger partial charge in [0.25, 0.3) is 0 Å². The summed E-state index contributed by atoms with van der Waals surface area (Å²) in [4.78, 5) is -1.07. The molecule has 0 saturated carbocycles. The molecule has 1 aliphatic rings. The van der Waals surface area contributed by atoms with Crippen molar-refractivity contribution in [2.45, 2.75) is 23.9 Å². The van der Waals surface area contributed by atoms with Gasteiger partial charge in [0.1, 0.15) is 0 Å². The Hall–Kier alpha value is -0.520. The average molecular weight is 225 g/mol. The molecular formula is C6H10Cl2N4O. The van der Waals surface area contributed by atoms with Crippen LogP contribution in [0.1, 0.15) is 13.3 Å². The van der Waals surface area contributed by atoms with Crippen LogP contribution < -0.4 is 5.73 Å². The highest BCUT2D eigenvalue weighted by Crippen LogP contribution is 2.32. The summed E-state index contributed by atoms with van der Waals surface area (Å²) in [7, 11) is 0. The van der Waals surface area contributed by atoms with E-state index in [0.29, 0.717) is 5.71 Å². The fourth-order valence-corrected chi connectivity index (χ4v) is 1.52. The predicted molar refractivity (Wildman–Crippen MR) is 51.9 cm³/mol. The minimum atomic E-state index is -1.58. The van der Waals surface area contributed by atoms with Crippen LogP contribution in [0.4, 0.5) is 0 Å². The molecule has 0 aromatic carbocycles. The molecule has 0 fully saturated rings. The topological polar surface area (TPSA) is 85.7 Å². The van der Waals surface area contributed by atoms with Crippen LogP contribution in [0, 0.1) is 5.41 Å². The minimum Gasteiger partial charge on any atom is -0.368 e. The van der Waals surface area contributed by atoms with Crippen molar-refractivity contribution in [3.63, 3.8) is 0 Å². The van der Waals surface area contributed by atoms with Crippen molar-refractivity contribution in [1.82, 2.24) is 5.01 Å². The highest BCUT2D eigenvalue weighted by Gasteiger charge is 2.46. The maximum atomic E-state index is 9.90. The highest BCUT2D eigenvalue weighted by molar-refractivity contribution is 6.45. The quantitative estimate of drug-likeness (QED) is 0.344. The monoisotopic (exact) mass is 224 g/mol. The van der Waals surface area contributed by atoms with Crippen LogP contribution in [0.5, 0.6) is 0 Å². The Morgan fingerprint density at radius 2 is 2.38 bits per heavy atom. The number of alkyl halides is 2. The van der Waals surface area contributed by atoms with Crippen molar-refractivity contribution in [3.05, 3.63) is 0 Å². The van der Waals surface area contributed by atoms with Gasteiger partial charge in [0, 0.05) is 12.1 Å². The molecule has 0 saturated heterocycles. The van der Waals surface area contributed by atoms with Crippen molar-refractivity contribution < 1.29 is 5.11 Å². The zero-order valence-electron chi connectivity index (χ0n) is 6.96. The summed E-state index contributed by atoms with van der Waals surface area (Å²) < 4.78 is 0. The fraction of sp³-hybridized carbons (Fsp3) is 0.667. The summed E-state index contributed by atoms with van der Waals surface area (Å²) in [6.07, 6.45) is 0.185. The summed E-state index contributed by atoms with van der Waals surface area (Å²) >= 11 is 11.2. The summed E-state index contributed by atoms with van der Waals surface area (Å²) in [6, 6.07) is 0. The standard InChI is InChI=1S/C6H10Cl2N4O/c1-3-2-6(13,4(7)8)12(11-3)5(9)10/h4,13H,2H2,1H3,(H3,9,10). The zero-order valence-corrected chi connectivity index (χ0v) is 8.47. The molecule has 1 aliphatic heterocycles. The highest BCUT2D eigenvalue weighted by atomic mass is 35.5. The molecule has 0 aromatic heterocycles. The maximum Gasteiger partial charge on any atom is 0.212 e. The van der Waals surface area contributed by atoms with Crippen LogP contribution in [0.25, 0.3) is 0 Å². The average Bonchev–Trinajstić information content (AvgIpc) is 2.27. The van der Waals surface area contributed by atoms with Gasteiger partial charge in [-0.1, -0.05) is 23.2 Å². The van der Waals surface area contributed by atoms with Crippen LogP contribution in [-0.2, 0) is 0 Å². The molecule has 1 atom stereocenters. The molecule has 5 nitrogen and oxygen atoms in total. The number of halogens is 2. The number of nitrogens with zero attached hydrogens (tertiary/aromatic N) is 2. The van der Waals surface area contributed by atoms with Crippen LogP contribution in [0.2, 0.25) is 0 Å². The van der Waals surface area contributed by atoms with Crippen molar-refractivity contribution in [3.8, 4) is 0 Å². The molecule has 13 heavy (non-hydrogen) atoms. The Morgan fingerprint density at radius 3 is 2.69 bits per heavy atom. The van der Waals surface area contributed by atoms with E-state index in [1.54, 1.807) is 6.92 Å². The van der Waals surface area contributed by atoms with Gasteiger partial charge in [0.15, 0.2) is 10.6 Å². The smallest absolute Gasteiger partial charge is 0.212 e. The Bertz CT molecular complexity index is 267. The molecule has 0 amide bonds. The minimum absolute atomic E-state index is 0.185. The molecule has 1 heterocycles. The SMILES string of the molecule is CC1=NN(C(=N)N)C(O)(C(Cl)Cl)C1. The number of aliphatic hydroxyl groups is 1. The van der Waals surface area contributed by atoms with E-state index in [-0.39, 0.29) is 12.4 Å². The molecule has 0 spiro atoms. The van der Waals surface area contributed by atoms with E-state index in [0.717, 1.165) is 5.01 Å². The second kappa shape index (κ2) is 3.32. The number of guanidine groups is 1. The van der Waals surface area contributed by atoms with Gasteiger partial charge in [-0.05, 0) is 6.92 Å². The van der Waals surface area contributed by atoms with E-state index >= 15 is 0 Å². The van der Waals surface area contributed by atoms with E-state index < -0.39 is 10.6 Å². The fourth-order valence-electron chi connectivity index (χ4n) is 1.18. The number of hydrogen-bond acceptors (Lipinski definition) is 3. The first kappa shape index (κ1) is 10.6. The third-order valence-corrected chi connectivity index (χ3v) is 2.43. The van der Waals surface area contributed by atoms with E-state index in [9.17, 15) is 5.11 Å². The van der Waals surface area contributed by atoms with Gasteiger partial charge in [-0.3, -0.25) is 5.41 Å². The summed E-state index contributed by atoms with van der Waals surface area (Å²) in [6.45, 7) is 1.70. The third-order valence-electron chi connectivity index (χ3n) is 1.73. The first-order chi connectivity index (χ1) is 5.88. The summed E-state index contributed by atoms with van der Waals surface area (Å²) in [5.74, 6) is -0.384. The van der Waals surface area contributed by atoms with Crippen LogP contribution in [-0.4, -0.2) is 32.3 Å². The zero-order chi connectivity index (χ0) is 10.2. The summed E-state index contributed by atoms with van der Waals surface area (Å²) in [5, 5.41) is 21.8. The third kappa shape index (κ3) is 1.72. The van der Waals surface area contributed by atoms with Crippen molar-refractivity contribution in [1.29, 1.82) is 5.41 Å². The summed E-state index contributed by atoms with van der Waals surface area (Å²) in [5.41, 5.74) is 4.24. The molecule has 0 radical (unpaired) electrons. The number of rotatable bonds is 1. The van der Waals surface area contributed by atoms with Gasteiger partial charge >= 0.3 is 0 Å². The Balaban J connectivity index is 2.96. The normalized spacial score (nSPS) is 28.1. The van der Waals surface area contributed by atoms with Gasteiger partial charge in [-0.25, -0.2) is 0 Å². The molecule has 1 unspecified atom stereocenters. The lowest BCUT2D eigenvalue weighted by Crippen LogP contribution is -2.52. The number of hydrogen-bond donors (Lipinski definition) is 3. The van der Waals surface area contributed by atoms with Crippen molar-refractivity contribution in [2.24, 2.45) is 10.8 Å². The van der Waals surface area contributed by atoms with Gasteiger partial charge in [0.2, 0.25) is 5.96 Å². The lowest BCUT2D eigenvalue weighted by molar-refractivity contribution is -0.0393. The largest absolute Gasteiger partial charge is 0.368 e. The number of nitrogens with two attached hydrogens (primary N) is 1. The van der Waals surface area contributed by atoms with Crippen molar-refractivity contribution in [2.75, 3.05) is 0 Å². The first-order valence-corrected chi connectivity index (χ1v) is 4.44. The maximum absolute atomic E-state index is 9.90. The van der Waals surface area contributed by atoms with Gasteiger partial charge in [-0.15, -0.1) is 0 Å². The van der Waals surface area contributed by atoms with Crippen LogP contribution >= 0.6 is 23.2 Å². The molecule has 74 valence electrons. The van der Waals surface area contributed by atoms with Crippen molar-refractivity contribution >= 4 is 34.9 Å². The van der Waals surface area contributed by atoms with E-state index in [4.69, 9.17) is 34.3 Å². The second-order valence-electron chi connectivity index (χ2n) is 2.89. The van der Waals surface area contributed by atoms with Gasteiger partial charge in [0.05, 0.1) is 0 Å². The molecule has 0 bridgehead atoms. The van der Waals surface area contributed by atoms with Crippen LogP contribution in [0.15, 0.2) is 5.10 Å². The first-order valence-electron chi connectivity index (χ1n) is 3.57. The van der Waals surface area contributed by atoms with Crippen LogP contribution in [0.3, 0.4) is 0 Å². The Morgan fingerprint density at radius 1 is 1.85 bits per heavy atom. The van der Waals surface area contributed by atoms with Gasteiger partial charge in [-0.2, -0.15) is 10.1 Å². The van der Waals surface area contributed by atoms with E-state index in [1.165, 1.54) is 0 Å². The Labute approximate surface area is 85.6 Å². The lowest BCUT2D eigenvalue weighted by Gasteiger charge is -2.31. The molecule has 0 aromatic rings. The van der Waals surface area contributed by atoms with Gasteiger partial charge < -0.3 is 10.8 Å². The molecule has 1 rings (SSSR count). The molecule has 7 heteroatoms. The second-order valence-corrected chi connectivity index (χ2v) is 3.98. The van der Waals surface area contributed by atoms with E-state index in [1.807, 2.05) is 0 Å².